The second kappa shape index (κ2) is 6.29. The topological polar surface area (TPSA) is 78.3 Å². The molecule has 6 nitrogen and oxygen atoms in total. The van der Waals surface area contributed by atoms with Gasteiger partial charge in [0.2, 0.25) is 11.8 Å². The molecule has 1 saturated carbocycles. The molecule has 3 atom stereocenters. The third-order valence-electron chi connectivity index (χ3n) is 5.20. The zero-order valence-electron chi connectivity index (χ0n) is 14.1. The van der Waals surface area contributed by atoms with Gasteiger partial charge in [-0.3, -0.25) is 9.59 Å². The molecular formula is C18H21N3O3S. The summed E-state index contributed by atoms with van der Waals surface area (Å²) in [4.78, 5) is 30.4. The lowest BCUT2D eigenvalue weighted by atomic mass is 10.00. The van der Waals surface area contributed by atoms with Crippen molar-refractivity contribution in [2.45, 2.75) is 38.6 Å². The standard InChI is InChI=1S/C18H21N3O3S/c1-10-8-12(10)17(23)21-7-3-2-4-14(21)16(22)19-11-5-6-13-15(9-11)24-18(25)20-13/h5-6,9-10,12,14H,2-4,7-8H2,1H3,(H,19,22)(H,20,25)/t10-,12-,14+/m1/s1. The lowest BCUT2D eigenvalue weighted by molar-refractivity contribution is -0.141. The summed E-state index contributed by atoms with van der Waals surface area (Å²) in [6.07, 6.45) is 3.59. The van der Waals surface area contributed by atoms with Crippen LogP contribution in [0.25, 0.3) is 11.1 Å². The summed E-state index contributed by atoms with van der Waals surface area (Å²) in [5.41, 5.74) is 2.04. The molecular weight excluding hydrogens is 338 g/mol. The van der Waals surface area contributed by atoms with Gasteiger partial charge in [0.1, 0.15) is 6.04 Å². The maximum atomic E-state index is 12.8. The van der Waals surface area contributed by atoms with Crippen molar-refractivity contribution in [3.05, 3.63) is 23.0 Å². The van der Waals surface area contributed by atoms with Gasteiger partial charge in [0.15, 0.2) is 5.58 Å². The number of rotatable bonds is 3. The van der Waals surface area contributed by atoms with Gasteiger partial charge in [0.05, 0.1) is 5.52 Å². The fraction of sp³-hybridized carbons (Fsp3) is 0.500. The molecule has 2 aliphatic rings. The van der Waals surface area contributed by atoms with Crippen molar-refractivity contribution < 1.29 is 14.0 Å². The van der Waals surface area contributed by atoms with Gasteiger partial charge in [0.25, 0.3) is 4.84 Å². The largest absolute Gasteiger partial charge is 0.429 e. The molecule has 2 amide bonds. The number of carbonyl (C=O) groups excluding carboxylic acids is 2. The van der Waals surface area contributed by atoms with Crippen molar-refractivity contribution in [2.24, 2.45) is 11.8 Å². The first kappa shape index (κ1) is 16.3. The number of oxazole rings is 1. The highest BCUT2D eigenvalue weighted by Crippen LogP contribution is 2.40. The van der Waals surface area contributed by atoms with Crippen LogP contribution in [0, 0.1) is 16.7 Å². The number of nitrogens with one attached hydrogen (secondary N) is 2. The number of fused-ring (bicyclic) bond motifs is 1. The van der Waals surface area contributed by atoms with Crippen LogP contribution in [-0.2, 0) is 9.59 Å². The first-order chi connectivity index (χ1) is 12.0. The van der Waals surface area contributed by atoms with Gasteiger partial charge in [0, 0.05) is 24.2 Å². The van der Waals surface area contributed by atoms with Crippen LogP contribution in [0.1, 0.15) is 32.6 Å². The number of anilines is 1. The van der Waals surface area contributed by atoms with Crippen molar-refractivity contribution in [3.63, 3.8) is 0 Å². The number of H-pyrrole nitrogens is 1. The van der Waals surface area contributed by atoms with Gasteiger partial charge in [-0.05, 0) is 56.0 Å². The first-order valence-electron chi connectivity index (χ1n) is 8.77. The van der Waals surface area contributed by atoms with E-state index in [1.165, 1.54) is 0 Å². The summed E-state index contributed by atoms with van der Waals surface area (Å²) in [5, 5.41) is 2.93. The van der Waals surface area contributed by atoms with Gasteiger partial charge in [-0.2, -0.15) is 0 Å². The summed E-state index contributed by atoms with van der Waals surface area (Å²) in [7, 11) is 0. The Bertz CT molecular complexity index is 887. The van der Waals surface area contributed by atoms with Crippen LogP contribution in [0.5, 0.6) is 0 Å². The number of amides is 2. The molecule has 2 fully saturated rings. The average Bonchev–Trinajstić information content (AvgIpc) is 3.21. The SMILES string of the molecule is C[C@@H]1C[C@H]1C(=O)N1CCCC[C@H]1C(=O)Nc1ccc2[nH]c(=S)oc2c1. The van der Waals surface area contributed by atoms with Crippen molar-refractivity contribution >= 4 is 40.8 Å². The highest BCUT2D eigenvalue weighted by atomic mass is 32.1. The van der Waals surface area contributed by atoms with Gasteiger partial charge in [-0.15, -0.1) is 0 Å². The molecule has 4 rings (SSSR count). The minimum absolute atomic E-state index is 0.105. The van der Waals surface area contributed by atoms with E-state index in [-0.39, 0.29) is 23.8 Å². The molecule has 1 aliphatic heterocycles. The van der Waals surface area contributed by atoms with Crippen molar-refractivity contribution in [3.8, 4) is 0 Å². The van der Waals surface area contributed by atoms with Crippen molar-refractivity contribution in [1.82, 2.24) is 9.88 Å². The quantitative estimate of drug-likeness (QED) is 0.823. The van der Waals surface area contributed by atoms with E-state index in [0.717, 1.165) is 24.8 Å². The minimum Gasteiger partial charge on any atom is -0.429 e. The zero-order valence-corrected chi connectivity index (χ0v) is 14.9. The van der Waals surface area contributed by atoms with Crippen molar-refractivity contribution in [1.29, 1.82) is 0 Å². The Balaban J connectivity index is 1.51. The van der Waals surface area contributed by atoms with Crippen LogP contribution in [0.4, 0.5) is 5.69 Å². The van der Waals surface area contributed by atoms with Crippen molar-refractivity contribution in [2.75, 3.05) is 11.9 Å². The molecule has 1 aromatic carbocycles. The second-order valence-electron chi connectivity index (χ2n) is 7.08. The highest BCUT2D eigenvalue weighted by Gasteiger charge is 2.44. The molecule has 2 heterocycles. The first-order valence-corrected chi connectivity index (χ1v) is 9.18. The third kappa shape index (κ3) is 3.20. The summed E-state index contributed by atoms with van der Waals surface area (Å²) < 4.78 is 5.39. The smallest absolute Gasteiger partial charge is 0.266 e. The Morgan fingerprint density at radius 2 is 2.16 bits per heavy atom. The number of hydrogen-bond acceptors (Lipinski definition) is 4. The summed E-state index contributed by atoms with van der Waals surface area (Å²) in [5.74, 6) is 0.561. The molecule has 132 valence electrons. The average molecular weight is 359 g/mol. The van der Waals surface area contributed by atoms with E-state index in [1.807, 2.05) is 6.07 Å². The van der Waals surface area contributed by atoms with E-state index < -0.39 is 0 Å². The predicted molar refractivity (Wildman–Crippen MR) is 96.7 cm³/mol. The summed E-state index contributed by atoms with van der Waals surface area (Å²) in [6, 6.07) is 4.98. The molecule has 0 spiro atoms. The van der Waals surface area contributed by atoms with Gasteiger partial charge >= 0.3 is 0 Å². The van der Waals surface area contributed by atoms with Crippen LogP contribution in [0.3, 0.4) is 0 Å². The van der Waals surface area contributed by atoms with E-state index in [0.29, 0.717) is 35.0 Å². The fourth-order valence-corrected chi connectivity index (χ4v) is 3.80. The maximum absolute atomic E-state index is 12.8. The predicted octanol–water partition coefficient (Wildman–Crippen LogP) is 3.47. The number of likely N-dealkylation sites (tertiary alicyclic amines) is 1. The van der Waals surface area contributed by atoms with Crippen LogP contribution in [0.15, 0.2) is 22.6 Å². The monoisotopic (exact) mass is 359 g/mol. The van der Waals surface area contributed by atoms with E-state index in [2.05, 4.69) is 17.2 Å². The van der Waals surface area contributed by atoms with E-state index in [1.54, 1.807) is 17.0 Å². The number of aromatic nitrogens is 1. The van der Waals surface area contributed by atoms with Crippen LogP contribution in [0.2, 0.25) is 0 Å². The van der Waals surface area contributed by atoms with E-state index in [4.69, 9.17) is 16.6 Å². The lowest BCUT2D eigenvalue weighted by Crippen LogP contribution is -2.50. The number of benzene rings is 1. The molecule has 0 radical (unpaired) electrons. The Hall–Kier alpha value is -2.15. The zero-order chi connectivity index (χ0) is 17.6. The molecule has 7 heteroatoms. The number of carbonyl (C=O) groups is 2. The molecule has 0 unspecified atom stereocenters. The van der Waals surface area contributed by atoms with Crippen LogP contribution >= 0.6 is 12.2 Å². The molecule has 1 saturated heterocycles. The van der Waals surface area contributed by atoms with Crippen LogP contribution in [-0.4, -0.2) is 34.3 Å². The Morgan fingerprint density at radius 1 is 1.36 bits per heavy atom. The van der Waals surface area contributed by atoms with E-state index in [9.17, 15) is 9.59 Å². The van der Waals surface area contributed by atoms with Gasteiger partial charge in [-0.1, -0.05) is 6.92 Å². The lowest BCUT2D eigenvalue weighted by Gasteiger charge is -2.35. The molecule has 2 N–H and O–H groups in total. The third-order valence-corrected chi connectivity index (χ3v) is 5.39. The number of piperidine rings is 1. The van der Waals surface area contributed by atoms with E-state index >= 15 is 0 Å². The van der Waals surface area contributed by atoms with Gasteiger partial charge in [-0.25, -0.2) is 0 Å². The number of aromatic amines is 1. The molecule has 25 heavy (non-hydrogen) atoms. The Kier molecular flexibility index (Phi) is 4.11. The summed E-state index contributed by atoms with van der Waals surface area (Å²) in [6.45, 7) is 2.76. The summed E-state index contributed by atoms with van der Waals surface area (Å²) >= 11 is 4.98. The van der Waals surface area contributed by atoms with Gasteiger partial charge < -0.3 is 19.6 Å². The number of nitrogens with zero attached hydrogens (tertiary/aromatic N) is 1. The molecule has 1 aliphatic carbocycles. The highest BCUT2D eigenvalue weighted by molar-refractivity contribution is 7.71. The second-order valence-corrected chi connectivity index (χ2v) is 7.45. The molecule has 1 aromatic heterocycles. The minimum atomic E-state index is -0.387. The Morgan fingerprint density at radius 3 is 2.92 bits per heavy atom. The normalized spacial score (nSPS) is 25.8. The molecule has 2 aromatic rings. The maximum Gasteiger partial charge on any atom is 0.266 e. The number of hydrogen-bond donors (Lipinski definition) is 2. The molecule has 0 bridgehead atoms. The fourth-order valence-electron chi connectivity index (χ4n) is 3.60. The van der Waals surface area contributed by atoms with Crippen LogP contribution < -0.4 is 5.32 Å². The Labute approximate surface area is 150 Å².